The van der Waals surface area contributed by atoms with E-state index in [1.807, 2.05) is 26.0 Å². The Balaban J connectivity index is 1.77. The first-order chi connectivity index (χ1) is 14.7. The molecule has 0 aliphatic heterocycles. The van der Waals surface area contributed by atoms with Crippen LogP contribution in [0.5, 0.6) is 11.5 Å². The molecule has 0 atom stereocenters. The van der Waals surface area contributed by atoms with Crippen molar-refractivity contribution in [2.75, 3.05) is 20.8 Å². The Morgan fingerprint density at radius 3 is 2.29 bits per heavy atom. The van der Waals surface area contributed by atoms with Gasteiger partial charge in [-0.25, -0.2) is 17.8 Å². The van der Waals surface area contributed by atoms with Crippen molar-refractivity contribution < 1.29 is 17.9 Å². The molecule has 0 fully saturated rings. The summed E-state index contributed by atoms with van der Waals surface area (Å²) in [6.07, 6.45) is 0. The van der Waals surface area contributed by atoms with E-state index in [2.05, 4.69) is 9.82 Å². The largest absolute Gasteiger partial charge is 0.497 e. The van der Waals surface area contributed by atoms with E-state index in [0.717, 1.165) is 16.7 Å². The van der Waals surface area contributed by atoms with E-state index in [1.54, 1.807) is 37.4 Å². The van der Waals surface area contributed by atoms with Gasteiger partial charge in [-0.15, -0.1) is 0 Å². The highest BCUT2D eigenvalue weighted by atomic mass is 32.2. The molecule has 9 heteroatoms. The van der Waals surface area contributed by atoms with Crippen molar-refractivity contribution in [2.24, 2.45) is 0 Å². The molecule has 3 aromatic rings. The fraction of sp³-hybridized carbons (Fsp3) is 0.273. The van der Waals surface area contributed by atoms with Crippen LogP contribution in [-0.4, -0.2) is 39.0 Å². The van der Waals surface area contributed by atoms with Gasteiger partial charge in [0.1, 0.15) is 16.4 Å². The van der Waals surface area contributed by atoms with Gasteiger partial charge in [-0.2, -0.15) is 5.10 Å². The van der Waals surface area contributed by atoms with Crippen LogP contribution < -0.4 is 19.8 Å². The summed E-state index contributed by atoms with van der Waals surface area (Å²) in [6, 6.07) is 13.6. The van der Waals surface area contributed by atoms with Gasteiger partial charge in [-0.3, -0.25) is 4.79 Å². The van der Waals surface area contributed by atoms with E-state index in [1.165, 1.54) is 17.9 Å². The molecule has 0 saturated carbocycles. The zero-order valence-electron chi connectivity index (χ0n) is 17.9. The Bertz CT molecular complexity index is 1230. The predicted molar refractivity (Wildman–Crippen MR) is 118 cm³/mol. The molecule has 0 spiro atoms. The minimum atomic E-state index is -3.83. The number of ether oxygens (including phenoxy) is 2. The molecule has 8 nitrogen and oxygen atoms in total. The highest BCUT2D eigenvalue weighted by Crippen LogP contribution is 2.27. The van der Waals surface area contributed by atoms with Gasteiger partial charge >= 0.3 is 0 Å². The van der Waals surface area contributed by atoms with Crippen LogP contribution >= 0.6 is 0 Å². The van der Waals surface area contributed by atoms with Crippen LogP contribution in [0.25, 0.3) is 11.3 Å². The van der Waals surface area contributed by atoms with Crippen molar-refractivity contribution in [3.8, 4) is 22.8 Å². The molecule has 0 unspecified atom stereocenters. The van der Waals surface area contributed by atoms with E-state index in [4.69, 9.17) is 9.47 Å². The molecule has 0 aliphatic carbocycles. The van der Waals surface area contributed by atoms with Gasteiger partial charge in [-0.05, 0) is 67.4 Å². The van der Waals surface area contributed by atoms with Crippen LogP contribution in [0.15, 0.2) is 58.2 Å². The van der Waals surface area contributed by atoms with E-state index >= 15 is 0 Å². The van der Waals surface area contributed by atoms with Gasteiger partial charge in [0, 0.05) is 18.2 Å². The lowest BCUT2D eigenvalue weighted by molar-refractivity contribution is 0.401. The minimum Gasteiger partial charge on any atom is -0.497 e. The number of methoxy groups -OCH3 is 2. The third-order valence-corrected chi connectivity index (χ3v) is 6.42. The zero-order valence-corrected chi connectivity index (χ0v) is 18.7. The summed E-state index contributed by atoms with van der Waals surface area (Å²) in [6.45, 7) is 3.80. The summed E-state index contributed by atoms with van der Waals surface area (Å²) in [5.74, 6) is 0.987. The summed E-state index contributed by atoms with van der Waals surface area (Å²) in [5, 5.41) is 4.35. The van der Waals surface area contributed by atoms with Crippen molar-refractivity contribution in [2.45, 2.75) is 25.3 Å². The number of rotatable bonds is 8. The molecular formula is C22H25N3O5S. The first-order valence-electron chi connectivity index (χ1n) is 9.62. The first-order valence-corrected chi connectivity index (χ1v) is 11.1. The van der Waals surface area contributed by atoms with Gasteiger partial charge in [-0.1, -0.05) is 0 Å². The number of sulfonamides is 1. The molecule has 0 aliphatic rings. The third-order valence-electron chi connectivity index (χ3n) is 4.94. The number of nitrogens with zero attached hydrogens (tertiary/aromatic N) is 2. The topological polar surface area (TPSA) is 99.5 Å². The Morgan fingerprint density at radius 1 is 0.968 bits per heavy atom. The highest BCUT2D eigenvalue weighted by molar-refractivity contribution is 7.89. The maximum absolute atomic E-state index is 12.8. The van der Waals surface area contributed by atoms with Crippen LogP contribution in [0.4, 0.5) is 0 Å². The van der Waals surface area contributed by atoms with Crippen LogP contribution in [0.3, 0.4) is 0 Å². The maximum Gasteiger partial charge on any atom is 0.266 e. The SMILES string of the molecule is COc1ccc(-c2ccc(=O)n(CCNS(=O)(=O)c3cc(C)c(C)cc3OC)n2)cc1. The van der Waals surface area contributed by atoms with E-state index in [0.29, 0.717) is 11.4 Å². The molecule has 3 rings (SSSR count). The molecular weight excluding hydrogens is 418 g/mol. The van der Waals surface area contributed by atoms with E-state index in [9.17, 15) is 13.2 Å². The van der Waals surface area contributed by atoms with Crippen LogP contribution in [-0.2, 0) is 16.6 Å². The molecule has 1 aromatic heterocycles. The van der Waals surface area contributed by atoms with Crippen LogP contribution in [0.1, 0.15) is 11.1 Å². The zero-order chi connectivity index (χ0) is 22.6. The Hall–Kier alpha value is -3.17. The van der Waals surface area contributed by atoms with Crippen molar-refractivity contribution in [3.63, 3.8) is 0 Å². The van der Waals surface area contributed by atoms with E-state index in [-0.39, 0.29) is 29.3 Å². The Kier molecular flexibility index (Phi) is 6.77. The Morgan fingerprint density at radius 2 is 1.65 bits per heavy atom. The molecule has 1 N–H and O–H groups in total. The summed E-state index contributed by atoms with van der Waals surface area (Å²) >= 11 is 0. The van der Waals surface area contributed by atoms with Crippen molar-refractivity contribution in [1.29, 1.82) is 0 Å². The second-order valence-corrected chi connectivity index (χ2v) is 8.73. The van der Waals surface area contributed by atoms with Gasteiger partial charge in [0.15, 0.2) is 0 Å². The quantitative estimate of drug-likeness (QED) is 0.574. The molecule has 164 valence electrons. The molecule has 0 amide bonds. The van der Waals surface area contributed by atoms with E-state index < -0.39 is 10.0 Å². The highest BCUT2D eigenvalue weighted by Gasteiger charge is 2.20. The van der Waals surface area contributed by atoms with Crippen molar-refractivity contribution >= 4 is 10.0 Å². The average molecular weight is 444 g/mol. The normalized spacial score (nSPS) is 11.4. The number of benzene rings is 2. The summed E-state index contributed by atoms with van der Waals surface area (Å²) in [5.41, 5.74) is 2.87. The summed E-state index contributed by atoms with van der Waals surface area (Å²) in [7, 11) is -0.814. The van der Waals surface area contributed by atoms with Gasteiger partial charge < -0.3 is 9.47 Å². The second kappa shape index (κ2) is 9.32. The monoisotopic (exact) mass is 443 g/mol. The number of hydrogen-bond donors (Lipinski definition) is 1. The standard InChI is InChI=1S/C22H25N3O5S/c1-15-13-20(30-4)21(14-16(15)2)31(27,28)23-11-12-25-22(26)10-9-19(24-25)17-5-7-18(29-3)8-6-17/h5-10,13-14,23H,11-12H2,1-4H3. The molecule has 31 heavy (non-hydrogen) atoms. The Labute approximate surface area is 181 Å². The fourth-order valence-electron chi connectivity index (χ4n) is 3.02. The summed E-state index contributed by atoms with van der Waals surface area (Å²) in [4.78, 5) is 12.3. The number of hydrogen-bond acceptors (Lipinski definition) is 6. The van der Waals surface area contributed by atoms with Gasteiger partial charge in [0.2, 0.25) is 10.0 Å². The lowest BCUT2D eigenvalue weighted by atomic mass is 10.1. The van der Waals surface area contributed by atoms with Gasteiger partial charge in [0.05, 0.1) is 26.5 Å². The maximum atomic E-state index is 12.8. The molecule has 0 bridgehead atoms. The molecule has 2 aromatic carbocycles. The number of aryl methyl sites for hydroxylation is 2. The molecule has 0 saturated heterocycles. The second-order valence-electron chi connectivity index (χ2n) is 6.99. The van der Waals surface area contributed by atoms with Crippen molar-refractivity contribution in [3.05, 3.63) is 70.0 Å². The first kappa shape index (κ1) is 22.5. The fourth-order valence-corrected chi connectivity index (χ4v) is 4.28. The lowest BCUT2D eigenvalue weighted by Gasteiger charge is -2.13. The average Bonchev–Trinajstić information content (AvgIpc) is 2.76. The number of nitrogens with one attached hydrogen (secondary N) is 1. The van der Waals surface area contributed by atoms with Gasteiger partial charge in [0.25, 0.3) is 5.56 Å². The van der Waals surface area contributed by atoms with Crippen LogP contribution in [0, 0.1) is 13.8 Å². The number of aromatic nitrogens is 2. The molecule has 0 radical (unpaired) electrons. The molecule has 1 heterocycles. The van der Waals surface area contributed by atoms with Crippen LogP contribution in [0.2, 0.25) is 0 Å². The lowest BCUT2D eigenvalue weighted by Crippen LogP contribution is -2.32. The smallest absolute Gasteiger partial charge is 0.266 e. The summed E-state index contributed by atoms with van der Waals surface area (Å²) < 4.78 is 39.7. The third kappa shape index (κ3) is 5.12. The predicted octanol–water partition coefficient (Wildman–Crippen LogP) is 2.52. The van der Waals surface area contributed by atoms with Crippen molar-refractivity contribution in [1.82, 2.24) is 14.5 Å². The minimum absolute atomic E-state index is 0.00260.